The molecular formula is C21H23N5O3S. The SMILES string of the molecule is CCCn1c(SCC(=O)Nc2ccccc2C(=O)NCc2ccccc2)n[nH]c1=O. The number of hydrogen-bond acceptors (Lipinski definition) is 5. The van der Waals surface area contributed by atoms with Gasteiger partial charge in [-0.25, -0.2) is 9.89 Å². The van der Waals surface area contributed by atoms with Crippen molar-refractivity contribution in [3.63, 3.8) is 0 Å². The molecule has 0 atom stereocenters. The fraction of sp³-hybridized carbons (Fsp3) is 0.238. The Kier molecular flexibility index (Phi) is 7.45. The van der Waals surface area contributed by atoms with Gasteiger partial charge in [0.15, 0.2) is 5.16 Å². The lowest BCUT2D eigenvalue weighted by Gasteiger charge is -2.11. The molecule has 3 aromatic rings. The maximum atomic E-state index is 12.6. The Bertz CT molecular complexity index is 1060. The number of carbonyl (C=O) groups excluding carboxylic acids is 2. The van der Waals surface area contributed by atoms with E-state index in [-0.39, 0.29) is 23.3 Å². The molecule has 30 heavy (non-hydrogen) atoms. The zero-order valence-corrected chi connectivity index (χ0v) is 17.4. The standard InChI is InChI=1S/C21H23N5O3S/c1-2-12-26-20(29)24-25-21(26)30-14-18(27)23-17-11-7-6-10-16(17)19(28)22-13-15-8-4-3-5-9-15/h3-11H,2,12-14H2,1H3,(H,22,28)(H,23,27)(H,24,29). The van der Waals surface area contributed by atoms with Gasteiger partial charge in [-0.05, 0) is 24.1 Å². The summed E-state index contributed by atoms with van der Waals surface area (Å²) in [5.74, 6) is -0.498. The highest BCUT2D eigenvalue weighted by Crippen LogP contribution is 2.18. The Morgan fingerprint density at radius 2 is 1.83 bits per heavy atom. The van der Waals surface area contributed by atoms with E-state index in [1.807, 2.05) is 37.3 Å². The first-order valence-electron chi connectivity index (χ1n) is 9.57. The molecule has 0 saturated carbocycles. The number of rotatable bonds is 9. The Hall–Kier alpha value is -3.33. The fourth-order valence-corrected chi connectivity index (χ4v) is 3.59. The molecule has 0 spiro atoms. The lowest BCUT2D eigenvalue weighted by Crippen LogP contribution is -2.25. The highest BCUT2D eigenvalue weighted by molar-refractivity contribution is 7.99. The molecule has 0 fully saturated rings. The van der Waals surface area contributed by atoms with Gasteiger partial charge in [0.1, 0.15) is 0 Å². The van der Waals surface area contributed by atoms with Crippen LogP contribution in [0.2, 0.25) is 0 Å². The van der Waals surface area contributed by atoms with Crippen molar-refractivity contribution in [1.29, 1.82) is 0 Å². The predicted molar refractivity (Wildman–Crippen MR) is 117 cm³/mol. The van der Waals surface area contributed by atoms with Gasteiger partial charge in [-0.3, -0.25) is 14.2 Å². The van der Waals surface area contributed by atoms with Crippen molar-refractivity contribution in [2.45, 2.75) is 31.6 Å². The van der Waals surface area contributed by atoms with Crippen LogP contribution in [-0.4, -0.2) is 32.3 Å². The number of amides is 2. The average Bonchev–Trinajstić information content (AvgIpc) is 3.11. The summed E-state index contributed by atoms with van der Waals surface area (Å²) in [6.07, 6.45) is 0.782. The van der Waals surface area contributed by atoms with Crippen LogP contribution in [0.4, 0.5) is 5.69 Å². The highest BCUT2D eigenvalue weighted by atomic mass is 32.2. The number of thioether (sulfide) groups is 1. The molecule has 2 amide bonds. The van der Waals surface area contributed by atoms with Crippen LogP contribution in [-0.2, 0) is 17.9 Å². The van der Waals surface area contributed by atoms with Crippen LogP contribution in [0.15, 0.2) is 64.5 Å². The zero-order chi connectivity index (χ0) is 21.3. The van der Waals surface area contributed by atoms with E-state index in [1.54, 1.807) is 24.3 Å². The number of H-pyrrole nitrogens is 1. The summed E-state index contributed by atoms with van der Waals surface area (Å²) in [6.45, 7) is 2.88. The quantitative estimate of drug-likeness (QED) is 0.457. The number of para-hydroxylation sites is 1. The number of aromatic nitrogens is 3. The van der Waals surface area contributed by atoms with Crippen molar-refractivity contribution < 1.29 is 9.59 Å². The first-order chi connectivity index (χ1) is 14.6. The molecule has 156 valence electrons. The fourth-order valence-electron chi connectivity index (χ4n) is 2.81. The lowest BCUT2D eigenvalue weighted by molar-refractivity contribution is -0.113. The highest BCUT2D eigenvalue weighted by Gasteiger charge is 2.15. The summed E-state index contributed by atoms with van der Waals surface area (Å²) in [5.41, 5.74) is 1.51. The number of nitrogens with one attached hydrogen (secondary N) is 3. The van der Waals surface area contributed by atoms with Crippen molar-refractivity contribution in [2.75, 3.05) is 11.1 Å². The summed E-state index contributed by atoms with van der Waals surface area (Å²) < 4.78 is 1.50. The van der Waals surface area contributed by atoms with Crippen molar-refractivity contribution in [3.05, 3.63) is 76.2 Å². The van der Waals surface area contributed by atoms with Crippen molar-refractivity contribution in [1.82, 2.24) is 20.1 Å². The Balaban J connectivity index is 1.60. The van der Waals surface area contributed by atoms with E-state index in [0.717, 1.165) is 23.7 Å². The molecule has 3 rings (SSSR count). The Morgan fingerprint density at radius 3 is 2.60 bits per heavy atom. The van der Waals surface area contributed by atoms with Gasteiger partial charge in [-0.15, -0.1) is 5.10 Å². The molecule has 2 aromatic carbocycles. The molecular weight excluding hydrogens is 402 g/mol. The topological polar surface area (TPSA) is 109 Å². The predicted octanol–water partition coefficient (Wildman–Crippen LogP) is 2.64. The van der Waals surface area contributed by atoms with Gasteiger partial charge >= 0.3 is 5.69 Å². The third kappa shape index (κ3) is 5.60. The van der Waals surface area contributed by atoms with E-state index in [1.165, 1.54) is 4.57 Å². The van der Waals surface area contributed by atoms with Gasteiger partial charge in [0.25, 0.3) is 5.91 Å². The van der Waals surface area contributed by atoms with Gasteiger partial charge in [0.2, 0.25) is 5.91 Å². The minimum absolute atomic E-state index is 0.0635. The second-order valence-electron chi connectivity index (χ2n) is 6.51. The van der Waals surface area contributed by atoms with Crippen LogP contribution in [0.5, 0.6) is 0 Å². The van der Waals surface area contributed by atoms with Crippen LogP contribution >= 0.6 is 11.8 Å². The van der Waals surface area contributed by atoms with Crippen LogP contribution in [0.25, 0.3) is 0 Å². The number of carbonyl (C=O) groups is 2. The normalized spacial score (nSPS) is 10.6. The molecule has 1 heterocycles. The summed E-state index contributed by atoms with van der Waals surface area (Å²) in [5, 5.41) is 12.5. The molecule has 0 bridgehead atoms. The number of hydrogen-bond donors (Lipinski definition) is 3. The van der Waals surface area contributed by atoms with Crippen LogP contribution in [0.3, 0.4) is 0 Å². The zero-order valence-electron chi connectivity index (χ0n) is 16.6. The third-order valence-electron chi connectivity index (χ3n) is 4.24. The third-order valence-corrected chi connectivity index (χ3v) is 5.22. The van der Waals surface area contributed by atoms with Gasteiger partial charge < -0.3 is 10.6 Å². The maximum Gasteiger partial charge on any atom is 0.343 e. The molecule has 0 saturated heterocycles. The average molecular weight is 426 g/mol. The van der Waals surface area contributed by atoms with E-state index < -0.39 is 0 Å². The molecule has 0 radical (unpaired) electrons. The molecule has 1 aromatic heterocycles. The second kappa shape index (κ2) is 10.4. The van der Waals surface area contributed by atoms with Crippen LogP contribution in [0.1, 0.15) is 29.3 Å². The van der Waals surface area contributed by atoms with E-state index in [9.17, 15) is 14.4 Å². The first kappa shape index (κ1) is 21.4. The van der Waals surface area contributed by atoms with Gasteiger partial charge in [0, 0.05) is 13.1 Å². The van der Waals surface area contributed by atoms with Crippen molar-refractivity contribution in [2.24, 2.45) is 0 Å². The van der Waals surface area contributed by atoms with Crippen LogP contribution in [0, 0.1) is 0 Å². The van der Waals surface area contributed by atoms with Crippen molar-refractivity contribution in [3.8, 4) is 0 Å². The van der Waals surface area contributed by atoms with E-state index in [4.69, 9.17) is 0 Å². The van der Waals surface area contributed by atoms with E-state index in [0.29, 0.717) is 29.5 Å². The maximum absolute atomic E-state index is 12.6. The Morgan fingerprint density at radius 1 is 1.10 bits per heavy atom. The molecule has 8 nitrogen and oxygen atoms in total. The summed E-state index contributed by atoms with van der Waals surface area (Å²) >= 11 is 1.16. The molecule has 9 heteroatoms. The van der Waals surface area contributed by atoms with E-state index in [2.05, 4.69) is 20.8 Å². The summed E-state index contributed by atoms with van der Waals surface area (Å²) in [4.78, 5) is 36.8. The number of nitrogens with zero attached hydrogens (tertiary/aromatic N) is 2. The number of anilines is 1. The monoisotopic (exact) mass is 425 g/mol. The van der Waals surface area contributed by atoms with Crippen LogP contribution < -0.4 is 16.3 Å². The second-order valence-corrected chi connectivity index (χ2v) is 7.46. The molecule has 0 aliphatic heterocycles. The number of benzene rings is 2. The van der Waals surface area contributed by atoms with Gasteiger partial charge in [0.05, 0.1) is 17.0 Å². The first-order valence-corrected chi connectivity index (χ1v) is 10.6. The minimum atomic E-state index is -0.291. The summed E-state index contributed by atoms with van der Waals surface area (Å²) in [6, 6.07) is 16.4. The largest absolute Gasteiger partial charge is 0.348 e. The minimum Gasteiger partial charge on any atom is -0.348 e. The van der Waals surface area contributed by atoms with Gasteiger partial charge in [-0.1, -0.05) is 61.2 Å². The Labute approximate surface area is 178 Å². The van der Waals surface area contributed by atoms with Crippen molar-refractivity contribution >= 4 is 29.3 Å². The number of aromatic amines is 1. The van der Waals surface area contributed by atoms with Gasteiger partial charge in [-0.2, -0.15) is 0 Å². The molecule has 0 aliphatic rings. The molecule has 0 unspecified atom stereocenters. The molecule has 0 aliphatic carbocycles. The van der Waals surface area contributed by atoms with E-state index >= 15 is 0 Å². The lowest BCUT2D eigenvalue weighted by atomic mass is 10.1. The molecule has 3 N–H and O–H groups in total. The summed E-state index contributed by atoms with van der Waals surface area (Å²) in [7, 11) is 0. The smallest absolute Gasteiger partial charge is 0.343 e.